The van der Waals surface area contributed by atoms with Crippen LogP contribution in [0.15, 0.2) is 40.6 Å². The molecule has 0 spiro atoms. The average molecular weight is 308 g/mol. The van der Waals surface area contributed by atoms with Crippen molar-refractivity contribution in [3.63, 3.8) is 0 Å². The van der Waals surface area contributed by atoms with E-state index < -0.39 is 10.0 Å². The maximum Gasteiger partial charge on any atom is 0.243 e. The van der Waals surface area contributed by atoms with E-state index in [0.717, 1.165) is 23.5 Å². The Morgan fingerprint density at radius 3 is 2.80 bits per heavy atom. The third kappa shape index (κ3) is 2.52. The maximum atomic E-state index is 12.6. The summed E-state index contributed by atoms with van der Waals surface area (Å²) in [7, 11) is -1.80. The van der Waals surface area contributed by atoms with Gasteiger partial charge in [0.2, 0.25) is 10.0 Å². The van der Waals surface area contributed by atoms with Crippen LogP contribution in [0.5, 0.6) is 0 Å². The largest absolute Gasteiger partial charge is 0.309 e. The average Bonchev–Trinajstić information content (AvgIpc) is 3.07. The second kappa shape index (κ2) is 5.29. The molecule has 0 atom stereocenters. The van der Waals surface area contributed by atoms with E-state index in [1.807, 2.05) is 23.6 Å². The normalized spacial score (nSPS) is 14.7. The lowest BCUT2D eigenvalue weighted by Crippen LogP contribution is -2.26. The number of sulfonamides is 1. The molecule has 3 rings (SSSR count). The summed E-state index contributed by atoms with van der Waals surface area (Å²) < 4.78 is 26.5. The minimum absolute atomic E-state index is 0.374. The van der Waals surface area contributed by atoms with E-state index in [9.17, 15) is 8.42 Å². The SMILES string of the molecule is CN(Cc1cccs1)S(=O)(=O)c1ccc2c(c1)CNC2. The monoisotopic (exact) mass is 308 g/mol. The Hall–Kier alpha value is -1.21. The van der Waals surface area contributed by atoms with Crippen molar-refractivity contribution in [2.45, 2.75) is 24.5 Å². The Morgan fingerprint density at radius 2 is 2.05 bits per heavy atom. The molecule has 0 bridgehead atoms. The second-order valence-corrected chi connectivity index (χ2v) is 7.95. The summed E-state index contributed by atoms with van der Waals surface area (Å²) in [6, 6.07) is 9.27. The van der Waals surface area contributed by atoms with Crippen LogP contribution in [0.25, 0.3) is 0 Å². The molecule has 0 aliphatic carbocycles. The van der Waals surface area contributed by atoms with Gasteiger partial charge >= 0.3 is 0 Å². The molecule has 20 heavy (non-hydrogen) atoms. The number of hydrogen-bond donors (Lipinski definition) is 1. The van der Waals surface area contributed by atoms with E-state index in [1.165, 1.54) is 9.87 Å². The van der Waals surface area contributed by atoms with Crippen LogP contribution in [-0.2, 0) is 29.7 Å². The van der Waals surface area contributed by atoms with Gasteiger partial charge in [-0.15, -0.1) is 11.3 Å². The van der Waals surface area contributed by atoms with Crippen LogP contribution < -0.4 is 5.32 Å². The predicted molar refractivity (Wildman–Crippen MR) is 80.0 cm³/mol. The summed E-state index contributed by atoms with van der Waals surface area (Å²) in [6.07, 6.45) is 0. The predicted octanol–water partition coefficient (Wildman–Crippen LogP) is 2.17. The molecule has 6 heteroatoms. The Kier molecular flexibility index (Phi) is 3.64. The van der Waals surface area contributed by atoms with Crippen LogP contribution in [-0.4, -0.2) is 19.8 Å². The zero-order valence-electron chi connectivity index (χ0n) is 11.2. The number of fused-ring (bicyclic) bond motifs is 1. The van der Waals surface area contributed by atoms with Crippen LogP contribution in [0.1, 0.15) is 16.0 Å². The molecule has 1 N–H and O–H groups in total. The molecule has 2 heterocycles. The van der Waals surface area contributed by atoms with Crippen LogP contribution >= 0.6 is 11.3 Å². The fraction of sp³-hybridized carbons (Fsp3) is 0.286. The van der Waals surface area contributed by atoms with E-state index in [2.05, 4.69) is 5.32 Å². The first kappa shape index (κ1) is 13.8. The van der Waals surface area contributed by atoms with Gasteiger partial charge in [-0.3, -0.25) is 0 Å². The van der Waals surface area contributed by atoms with E-state index in [-0.39, 0.29) is 0 Å². The zero-order chi connectivity index (χ0) is 14.2. The van der Waals surface area contributed by atoms with Crippen molar-refractivity contribution in [1.29, 1.82) is 0 Å². The van der Waals surface area contributed by atoms with E-state index in [4.69, 9.17) is 0 Å². The number of hydrogen-bond acceptors (Lipinski definition) is 4. The Morgan fingerprint density at radius 1 is 1.25 bits per heavy atom. The first-order chi connectivity index (χ1) is 9.57. The van der Waals surface area contributed by atoms with Crippen LogP contribution in [0.3, 0.4) is 0 Å². The fourth-order valence-corrected chi connectivity index (χ4v) is 4.36. The molecule has 0 saturated carbocycles. The Balaban J connectivity index is 1.87. The highest BCUT2D eigenvalue weighted by Crippen LogP contribution is 2.23. The molecule has 106 valence electrons. The topological polar surface area (TPSA) is 49.4 Å². The molecule has 1 aliphatic heterocycles. The Bertz CT molecular complexity index is 709. The molecule has 2 aromatic rings. The van der Waals surface area contributed by atoms with Gasteiger partial charge in [-0.2, -0.15) is 4.31 Å². The first-order valence-electron chi connectivity index (χ1n) is 6.38. The minimum atomic E-state index is -3.42. The van der Waals surface area contributed by atoms with Gasteiger partial charge in [0.25, 0.3) is 0 Å². The van der Waals surface area contributed by atoms with Crippen molar-refractivity contribution in [2.24, 2.45) is 0 Å². The fourth-order valence-electron chi connectivity index (χ4n) is 2.32. The molecule has 1 aromatic carbocycles. The first-order valence-corrected chi connectivity index (χ1v) is 8.70. The van der Waals surface area contributed by atoms with Crippen molar-refractivity contribution in [3.8, 4) is 0 Å². The van der Waals surface area contributed by atoms with Crippen molar-refractivity contribution >= 4 is 21.4 Å². The van der Waals surface area contributed by atoms with E-state index in [1.54, 1.807) is 30.5 Å². The standard InChI is InChI=1S/C14H16N2O2S2/c1-16(10-13-3-2-6-19-13)20(17,18)14-5-4-11-8-15-9-12(11)7-14/h2-7,15H,8-10H2,1H3. The highest BCUT2D eigenvalue weighted by atomic mass is 32.2. The van der Waals surface area contributed by atoms with Crippen LogP contribution in [0.2, 0.25) is 0 Å². The van der Waals surface area contributed by atoms with E-state index in [0.29, 0.717) is 11.4 Å². The number of nitrogens with zero attached hydrogens (tertiary/aromatic N) is 1. The van der Waals surface area contributed by atoms with E-state index >= 15 is 0 Å². The van der Waals surface area contributed by atoms with Gasteiger partial charge in [0.1, 0.15) is 0 Å². The summed E-state index contributed by atoms with van der Waals surface area (Å²) in [6.45, 7) is 1.98. The quantitative estimate of drug-likeness (QED) is 0.942. The maximum absolute atomic E-state index is 12.6. The van der Waals surface area contributed by atoms with Gasteiger partial charge in [-0.1, -0.05) is 12.1 Å². The lowest BCUT2D eigenvalue weighted by atomic mass is 10.1. The van der Waals surface area contributed by atoms with Crippen LogP contribution in [0, 0.1) is 0 Å². The Labute approximate surface area is 123 Å². The third-order valence-corrected chi connectivity index (χ3v) is 6.14. The van der Waals surface area contributed by atoms with Gasteiger partial charge in [0.15, 0.2) is 0 Å². The smallest absolute Gasteiger partial charge is 0.243 e. The minimum Gasteiger partial charge on any atom is -0.309 e. The van der Waals surface area contributed by atoms with Gasteiger partial charge in [-0.25, -0.2) is 8.42 Å². The number of benzene rings is 1. The molecule has 0 fully saturated rings. The summed E-state index contributed by atoms with van der Waals surface area (Å²) >= 11 is 1.57. The van der Waals surface area contributed by atoms with Gasteiger partial charge < -0.3 is 5.32 Å². The molecule has 1 aromatic heterocycles. The van der Waals surface area contributed by atoms with Crippen molar-refractivity contribution in [3.05, 3.63) is 51.7 Å². The van der Waals surface area contributed by atoms with Crippen molar-refractivity contribution in [2.75, 3.05) is 7.05 Å². The zero-order valence-corrected chi connectivity index (χ0v) is 12.8. The molecule has 0 saturated heterocycles. The lowest BCUT2D eigenvalue weighted by Gasteiger charge is -2.17. The summed E-state index contributed by atoms with van der Waals surface area (Å²) in [5.41, 5.74) is 2.26. The second-order valence-electron chi connectivity index (χ2n) is 4.87. The summed E-state index contributed by atoms with van der Waals surface area (Å²) in [5.74, 6) is 0. The van der Waals surface area contributed by atoms with Crippen molar-refractivity contribution in [1.82, 2.24) is 9.62 Å². The highest BCUT2D eigenvalue weighted by Gasteiger charge is 2.23. The lowest BCUT2D eigenvalue weighted by molar-refractivity contribution is 0.469. The number of nitrogens with one attached hydrogen (secondary N) is 1. The molecular formula is C14H16N2O2S2. The highest BCUT2D eigenvalue weighted by molar-refractivity contribution is 7.89. The van der Waals surface area contributed by atoms with Crippen molar-refractivity contribution < 1.29 is 8.42 Å². The molecule has 0 radical (unpaired) electrons. The van der Waals surface area contributed by atoms with Gasteiger partial charge in [-0.05, 0) is 34.7 Å². The molecule has 0 amide bonds. The van der Waals surface area contributed by atoms with Gasteiger partial charge in [0.05, 0.1) is 4.90 Å². The molecule has 0 unspecified atom stereocenters. The number of rotatable bonds is 4. The molecule has 4 nitrogen and oxygen atoms in total. The number of thiophene rings is 1. The third-order valence-electron chi connectivity index (χ3n) is 3.48. The summed E-state index contributed by atoms with van der Waals surface area (Å²) in [5, 5.41) is 5.18. The van der Waals surface area contributed by atoms with Crippen LogP contribution in [0.4, 0.5) is 0 Å². The summed E-state index contributed by atoms with van der Waals surface area (Å²) in [4.78, 5) is 1.41. The molecular weight excluding hydrogens is 292 g/mol. The van der Waals surface area contributed by atoms with Gasteiger partial charge in [0, 0.05) is 31.6 Å². The molecule has 1 aliphatic rings.